The molecule has 5 rings (SSSR count). The molecule has 0 saturated heterocycles. The highest BCUT2D eigenvalue weighted by atomic mass is 79.9. The Morgan fingerprint density at radius 2 is 1.74 bits per heavy atom. The Kier molecular flexibility index (Phi) is 7.99. The molecule has 5 aromatic rings. The summed E-state index contributed by atoms with van der Waals surface area (Å²) < 4.78 is 12.3. The first-order valence-electron chi connectivity index (χ1n) is 12.4. The lowest BCUT2D eigenvalue weighted by molar-refractivity contribution is 0.0956. The van der Waals surface area contributed by atoms with E-state index in [9.17, 15) is 4.79 Å². The molecule has 4 aromatic carbocycles. The third kappa shape index (κ3) is 6.16. The number of halogens is 1. The monoisotopic (exact) mass is 579 g/mol. The summed E-state index contributed by atoms with van der Waals surface area (Å²) in [5.41, 5.74) is 8.51. The van der Waals surface area contributed by atoms with Gasteiger partial charge in [-0.1, -0.05) is 78.4 Å². The van der Waals surface area contributed by atoms with E-state index < -0.39 is 0 Å². The number of nitrogens with one attached hydrogen (secondary N) is 1. The zero-order valence-corrected chi connectivity index (χ0v) is 23.1. The molecular formula is C32H26BrN3O3. The Labute approximate surface area is 235 Å². The molecule has 0 aliphatic heterocycles. The van der Waals surface area contributed by atoms with Crippen molar-refractivity contribution in [3.63, 3.8) is 0 Å². The van der Waals surface area contributed by atoms with E-state index in [0.717, 1.165) is 37.8 Å². The molecule has 1 amide bonds. The van der Waals surface area contributed by atoms with E-state index in [-0.39, 0.29) is 5.91 Å². The molecule has 0 bridgehead atoms. The van der Waals surface area contributed by atoms with Crippen LogP contribution in [0.15, 0.2) is 107 Å². The van der Waals surface area contributed by atoms with E-state index in [1.54, 1.807) is 25.5 Å². The summed E-state index contributed by atoms with van der Waals surface area (Å²) in [6.07, 6.45) is 1.57. The van der Waals surface area contributed by atoms with Crippen LogP contribution in [0.3, 0.4) is 0 Å². The maximum atomic E-state index is 13.2. The predicted molar refractivity (Wildman–Crippen MR) is 158 cm³/mol. The number of hydrogen-bond acceptors (Lipinski definition) is 5. The number of aryl methyl sites for hydroxylation is 1. The summed E-state index contributed by atoms with van der Waals surface area (Å²) >= 11 is 3.58. The average Bonchev–Trinajstić information content (AvgIpc) is 2.96. The Bertz CT molecular complexity index is 1670. The van der Waals surface area contributed by atoms with E-state index in [2.05, 4.69) is 32.5 Å². The molecule has 7 heteroatoms. The molecule has 1 heterocycles. The number of amides is 1. The van der Waals surface area contributed by atoms with E-state index in [0.29, 0.717) is 23.7 Å². The molecule has 0 saturated carbocycles. The molecule has 0 fully saturated rings. The first-order chi connectivity index (χ1) is 19.0. The lowest BCUT2D eigenvalue weighted by Gasteiger charge is -2.13. The second kappa shape index (κ2) is 11.9. The van der Waals surface area contributed by atoms with Gasteiger partial charge in [0.15, 0.2) is 11.5 Å². The highest BCUT2D eigenvalue weighted by molar-refractivity contribution is 9.10. The second-order valence-electron chi connectivity index (χ2n) is 8.94. The number of para-hydroxylation sites is 1. The van der Waals surface area contributed by atoms with Crippen molar-refractivity contribution in [1.29, 1.82) is 0 Å². The van der Waals surface area contributed by atoms with Gasteiger partial charge in [-0.2, -0.15) is 5.10 Å². The number of fused-ring (bicyclic) bond motifs is 1. The molecule has 0 aliphatic rings. The largest absolute Gasteiger partial charge is 0.493 e. The predicted octanol–water partition coefficient (Wildman–Crippen LogP) is 7.32. The summed E-state index contributed by atoms with van der Waals surface area (Å²) in [5, 5.41) is 4.98. The molecule has 0 atom stereocenters. The number of rotatable bonds is 8. The topological polar surface area (TPSA) is 72.8 Å². The number of ether oxygens (including phenoxy) is 2. The van der Waals surface area contributed by atoms with Crippen LogP contribution in [0.25, 0.3) is 22.2 Å². The zero-order valence-electron chi connectivity index (χ0n) is 21.5. The van der Waals surface area contributed by atoms with Gasteiger partial charge < -0.3 is 9.47 Å². The fourth-order valence-electron chi connectivity index (χ4n) is 4.23. The molecule has 0 unspecified atom stereocenters. The van der Waals surface area contributed by atoms with Crippen LogP contribution in [0.2, 0.25) is 0 Å². The summed E-state index contributed by atoms with van der Waals surface area (Å²) in [7, 11) is 1.59. The third-order valence-electron chi connectivity index (χ3n) is 6.16. The molecule has 1 N–H and O–H groups in total. The van der Waals surface area contributed by atoms with Gasteiger partial charge in [-0.25, -0.2) is 10.4 Å². The Balaban J connectivity index is 1.35. The van der Waals surface area contributed by atoms with Gasteiger partial charge in [-0.3, -0.25) is 4.79 Å². The minimum atomic E-state index is -0.330. The molecular weight excluding hydrogens is 554 g/mol. The van der Waals surface area contributed by atoms with Crippen LogP contribution in [0, 0.1) is 6.92 Å². The maximum Gasteiger partial charge on any atom is 0.272 e. The highest BCUT2D eigenvalue weighted by Crippen LogP contribution is 2.33. The van der Waals surface area contributed by atoms with Crippen molar-refractivity contribution in [1.82, 2.24) is 10.4 Å². The summed E-state index contributed by atoms with van der Waals surface area (Å²) in [6, 6.07) is 30.9. The molecule has 39 heavy (non-hydrogen) atoms. The number of hydrogen-bond donors (Lipinski definition) is 1. The van der Waals surface area contributed by atoms with Crippen LogP contribution in [-0.2, 0) is 6.61 Å². The minimum absolute atomic E-state index is 0.330. The van der Waals surface area contributed by atoms with Crippen LogP contribution >= 0.6 is 15.9 Å². The first kappa shape index (κ1) is 26.1. The number of carbonyl (C=O) groups is 1. The number of methoxy groups -OCH3 is 1. The van der Waals surface area contributed by atoms with Gasteiger partial charge in [0.25, 0.3) is 5.91 Å². The van der Waals surface area contributed by atoms with Crippen molar-refractivity contribution in [3.8, 4) is 22.8 Å². The smallest absolute Gasteiger partial charge is 0.272 e. The second-order valence-corrected chi connectivity index (χ2v) is 9.79. The Hall–Kier alpha value is -4.49. The lowest BCUT2D eigenvalue weighted by Crippen LogP contribution is -2.18. The number of aromatic nitrogens is 1. The van der Waals surface area contributed by atoms with Crippen LogP contribution in [0.4, 0.5) is 0 Å². The van der Waals surface area contributed by atoms with Gasteiger partial charge in [0, 0.05) is 21.0 Å². The molecule has 6 nitrogen and oxygen atoms in total. The lowest BCUT2D eigenvalue weighted by atomic mass is 10.0. The minimum Gasteiger partial charge on any atom is -0.493 e. The molecule has 0 spiro atoms. The van der Waals surface area contributed by atoms with Gasteiger partial charge in [0.1, 0.15) is 6.61 Å². The SMILES string of the molecule is COc1cc(/C=N/NC(=O)c2cc(-c3ccccc3)nc3ccccc23)c(Br)cc1OCc1cccc(C)c1. The van der Waals surface area contributed by atoms with Crippen molar-refractivity contribution in [2.75, 3.05) is 7.11 Å². The zero-order chi connectivity index (χ0) is 27.2. The number of nitrogens with zero attached hydrogens (tertiary/aromatic N) is 2. The molecule has 194 valence electrons. The highest BCUT2D eigenvalue weighted by Gasteiger charge is 2.14. The normalized spacial score (nSPS) is 11.1. The maximum absolute atomic E-state index is 13.2. The van der Waals surface area contributed by atoms with Crippen molar-refractivity contribution < 1.29 is 14.3 Å². The van der Waals surface area contributed by atoms with Gasteiger partial charge in [-0.05, 0) is 52.7 Å². The van der Waals surface area contributed by atoms with E-state index in [1.165, 1.54) is 5.56 Å². The summed E-state index contributed by atoms with van der Waals surface area (Å²) in [5.74, 6) is 0.832. The third-order valence-corrected chi connectivity index (χ3v) is 6.85. The van der Waals surface area contributed by atoms with Crippen molar-refractivity contribution in [2.45, 2.75) is 13.5 Å². The van der Waals surface area contributed by atoms with Crippen LogP contribution in [0.5, 0.6) is 11.5 Å². The number of pyridine rings is 1. The van der Waals surface area contributed by atoms with Crippen molar-refractivity contribution >= 4 is 39.0 Å². The first-order valence-corrected chi connectivity index (χ1v) is 13.2. The van der Waals surface area contributed by atoms with Gasteiger partial charge in [0.05, 0.1) is 30.1 Å². The van der Waals surface area contributed by atoms with Gasteiger partial charge in [-0.15, -0.1) is 0 Å². The van der Waals surface area contributed by atoms with E-state index in [4.69, 9.17) is 14.5 Å². The van der Waals surface area contributed by atoms with Crippen LogP contribution < -0.4 is 14.9 Å². The Morgan fingerprint density at radius 1 is 0.949 bits per heavy atom. The number of benzene rings is 4. The molecule has 0 aliphatic carbocycles. The number of hydrazone groups is 1. The fourth-order valence-corrected chi connectivity index (χ4v) is 4.65. The summed E-state index contributed by atoms with van der Waals surface area (Å²) in [6.45, 7) is 2.46. The van der Waals surface area contributed by atoms with E-state index >= 15 is 0 Å². The van der Waals surface area contributed by atoms with Gasteiger partial charge in [0.2, 0.25) is 0 Å². The summed E-state index contributed by atoms with van der Waals surface area (Å²) in [4.78, 5) is 18.0. The average molecular weight is 580 g/mol. The van der Waals surface area contributed by atoms with Gasteiger partial charge >= 0.3 is 0 Å². The van der Waals surface area contributed by atoms with Crippen LogP contribution in [-0.4, -0.2) is 24.2 Å². The van der Waals surface area contributed by atoms with E-state index in [1.807, 2.05) is 85.8 Å². The molecule has 1 aromatic heterocycles. The van der Waals surface area contributed by atoms with Crippen molar-refractivity contribution in [3.05, 3.63) is 124 Å². The number of carbonyl (C=O) groups excluding carboxylic acids is 1. The quantitative estimate of drug-likeness (QED) is 0.154. The fraction of sp³-hybridized carbons (Fsp3) is 0.0938. The molecule has 0 radical (unpaired) electrons. The van der Waals surface area contributed by atoms with Crippen molar-refractivity contribution in [2.24, 2.45) is 5.10 Å². The van der Waals surface area contributed by atoms with Crippen LogP contribution in [0.1, 0.15) is 27.0 Å². The standard InChI is InChI=1S/C32H26BrN3O3/c1-21-9-8-10-22(15-21)20-39-31-18-27(33)24(16-30(31)38-2)19-34-36-32(37)26-17-29(23-11-4-3-5-12-23)35-28-14-7-6-13-25(26)28/h3-19H,20H2,1-2H3,(H,36,37)/b34-19+. The Morgan fingerprint density at radius 3 is 2.54 bits per heavy atom.